The highest BCUT2D eigenvalue weighted by Gasteiger charge is 2.42. The lowest BCUT2D eigenvalue weighted by molar-refractivity contribution is -0.158. The molecule has 1 amide bonds. The molecule has 1 saturated heterocycles. The van der Waals surface area contributed by atoms with Gasteiger partial charge in [-0.05, 0) is 36.8 Å². The molecule has 0 bridgehead atoms. The number of nitrogens with zero attached hydrogens (tertiary/aromatic N) is 2. The van der Waals surface area contributed by atoms with E-state index in [9.17, 15) is 9.90 Å². The first-order valence-corrected chi connectivity index (χ1v) is 8.34. The second kappa shape index (κ2) is 6.97. The normalized spacial score (nSPS) is 22.5. The van der Waals surface area contributed by atoms with E-state index in [1.807, 2.05) is 19.1 Å². The number of nitrogens with one attached hydrogen (secondary N) is 1. The summed E-state index contributed by atoms with van der Waals surface area (Å²) in [7, 11) is 0. The summed E-state index contributed by atoms with van der Waals surface area (Å²) < 4.78 is 0. The second-order valence-electron chi connectivity index (χ2n) is 7.79. The van der Waals surface area contributed by atoms with Crippen molar-refractivity contribution in [3.8, 4) is 0 Å². The Morgan fingerprint density at radius 2 is 2.17 bits per heavy atom. The van der Waals surface area contributed by atoms with Crippen LogP contribution in [0, 0.1) is 12.3 Å². The van der Waals surface area contributed by atoms with E-state index in [4.69, 9.17) is 0 Å². The monoisotopic (exact) mass is 319 g/mol. The van der Waals surface area contributed by atoms with E-state index in [1.54, 1.807) is 11.1 Å². The predicted octanol–water partition coefficient (Wildman–Crippen LogP) is 1.88. The molecule has 0 spiro atoms. The first-order valence-electron chi connectivity index (χ1n) is 8.34. The lowest BCUT2D eigenvalue weighted by Gasteiger charge is -2.41. The number of likely N-dealkylation sites (tertiary alicyclic amines) is 1. The van der Waals surface area contributed by atoms with Gasteiger partial charge in [0.2, 0.25) is 0 Å². The molecular formula is C18H29N3O2. The summed E-state index contributed by atoms with van der Waals surface area (Å²) in [5.41, 5.74) is 0.792. The SMILES string of the molecule is Cc1cccnc1CNCC1(O)CCCN(CC(C)(C)C)C1=O. The van der Waals surface area contributed by atoms with Gasteiger partial charge in [0.15, 0.2) is 5.60 Å². The first kappa shape index (κ1) is 17.9. The van der Waals surface area contributed by atoms with Crippen LogP contribution >= 0.6 is 0 Å². The molecule has 1 aliphatic rings. The number of piperidine rings is 1. The second-order valence-corrected chi connectivity index (χ2v) is 7.79. The van der Waals surface area contributed by atoms with E-state index < -0.39 is 5.60 Å². The summed E-state index contributed by atoms with van der Waals surface area (Å²) in [6.45, 7) is 10.6. The third kappa shape index (κ3) is 4.75. The van der Waals surface area contributed by atoms with Crippen LogP contribution in [-0.2, 0) is 11.3 Å². The van der Waals surface area contributed by atoms with Crippen molar-refractivity contribution >= 4 is 5.91 Å². The molecule has 2 heterocycles. The number of rotatable bonds is 5. The van der Waals surface area contributed by atoms with E-state index in [1.165, 1.54) is 0 Å². The zero-order valence-electron chi connectivity index (χ0n) is 14.7. The van der Waals surface area contributed by atoms with Gasteiger partial charge in [-0.15, -0.1) is 0 Å². The molecule has 1 atom stereocenters. The molecule has 1 aliphatic heterocycles. The maximum atomic E-state index is 12.7. The molecule has 1 aromatic heterocycles. The fraction of sp³-hybridized carbons (Fsp3) is 0.667. The lowest BCUT2D eigenvalue weighted by atomic mass is 9.88. The molecule has 1 unspecified atom stereocenters. The van der Waals surface area contributed by atoms with E-state index >= 15 is 0 Å². The summed E-state index contributed by atoms with van der Waals surface area (Å²) >= 11 is 0. The zero-order valence-corrected chi connectivity index (χ0v) is 14.7. The smallest absolute Gasteiger partial charge is 0.255 e. The van der Waals surface area contributed by atoms with Gasteiger partial charge < -0.3 is 15.3 Å². The minimum absolute atomic E-state index is 0.0341. The number of aromatic nitrogens is 1. The summed E-state index contributed by atoms with van der Waals surface area (Å²) in [5, 5.41) is 14.0. The number of pyridine rings is 1. The lowest BCUT2D eigenvalue weighted by Crippen LogP contribution is -2.59. The van der Waals surface area contributed by atoms with Gasteiger partial charge in [0.25, 0.3) is 5.91 Å². The topological polar surface area (TPSA) is 65.5 Å². The largest absolute Gasteiger partial charge is 0.379 e. The standard InChI is InChI=1S/C18H29N3O2/c1-14-7-5-9-20-15(14)11-19-12-18(23)8-6-10-21(16(18)22)13-17(2,3)4/h5,7,9,19,23H,6,8,10-13H2,1-4H3. The average molecular weight is 319 g/mol. The molecule has 23 heavy (non-hydrogen) atoms. The quantitative estimate of drug-likeness (QED) is 0.870. The highest BCUT2D eigenvalue weighted by molar-refractivity contribution is 5.86. The van der Waals surface area contributed by atoms with Gasteiger partial charge in [-0.1, -0.05) is 26.8 Å². The van der Waals surface area contributed by atoms with Gasteiger partial charge in [-0.25, -0.2) is 0 Å². The van der Waals surface area contributed by atoms with E-state index in [0.717, 1.165) is 24.2 Å². The number of aryl methyl sites for hydroxylation is 1. The molecule has 2 rings (SSSR count). The average Bonchev–Trinajstić information content (AvgIpc) is 2.45. The Hall–Kier alpha value is -1.46. The van der Waals surface area contributed by atoms with Crippen LogP contribution in [-0.4, -0.2) is 46.1 Å². The van der Waals surface area contributed by atoms with Crippen molar-refractivity contribution in [2.45, 2.75) is 52.7 Å². The molecule has 0 radical (unpaired) electrons. The molecule has 5 nitrogen and oxygen atoms in total. The zero-order chi connectivity index (χ0) is 17.1. The molecule has 5 heteroatoms. The van der Waals surface area contributed by atoms with Gasteiger partial charge in [-0.2, -0.15) is 0 Å². The van der Waals surface area contributed by atoms with Crippen LogP contribution in [0.25, 0.3) is 0 Å². The van der Waals surface area contributed by atoms with E-state index in [2.05, 4.69) is 31.1 Å². The van der Waals surface area contributed by atoms with Crippen molar-refractivity contribution in [1.82, 2.24) is 15.2 Å². The fourth-order valence-corrected chi connectivity index (χ4v) is 3.04. The first-order chi connectivity index (χ1) is 10.7. The Morgan fingerprint density at radius 3 is 2.83 bits per heavy atom. The predicted molar refractivity (Wildman–Crippen MR) is 90.9 cm³/mol. The minimum atomic E-state index is -1.30. The van der Waals surface area contributed by atoms with E-state index in [0.29, 0.717) is 19.5 Å². The Labute approximate surface area is 139 Å². The number of carbonyl (C=O) groups excluding carboxylic acids is 1. The molecule has 0 saturated carbocycles. The molecule has 2 N–H and O–H groups in total. The number of hydrogen-bond acceptors (Lipinski definition) is 4. The molecule has 0 aromatic carbocycles. The summed E-state index contributed by atoms with van der Waals surface area (Å²) in [4.78, 5) is 18.8. The molecule has 128 valence electrons. The van der Waals surface area contributed by atoms with Crippen molar-refractivity contribution in [2.24, 2.45) is 5.41 Å². The number of amides is 1. The van der Waals surface area contributed by atoms with Crippen molar-refractivity contribution in [3.63, 3.8) is 0 Å². The third-order valence-electron chi connectivity index (χ3n) is 4.20. The van der Waals surface area contributed by atoms with Crippen LogP contribution in [0.5, 0.6) is 0 Å². The van der Waals surface area contributed by atoms with Crippen LogP contribution < -0.4 is 5.32 Å². The van der Waals surface area contributed by atoms with Crippen LogP contribution in [0.1, 0.15) is 44.9 Å². The van der Waals surface area contributed by atoms with Crippen LogP contribution in [0.4, 0.5) is 0 Å². The van der Waals surface area contributed by atoms with Crippen molar-refractivity contribution in [3.05, 3.63) is 29.6 Å². The highest BCUT2D eigenvalue weighted by atomic mass is 16.3. The highest BCUT2D eigenvalue weighted by Crippen LogP contribution is 2.25. The molecule has 1 aromatic rings. The minimum Gasteiger partial charge on any atom is -0.379 e. The maximum absolute atomic E-state index is 12.7. The van der Waals surface area contributed by atoms with Crippen molar-refractivity contribution in [1.29, 1.82) is 0 Å². The van der Waals surface area contributed by atoms with Gasteiger partial charge in [0.1, 0.15) is 0 Å². The molecular weight excluding hydrogens is 290 g/mol. The Balaban J connectivity index is 1.95. The van der Waals surface area contributed by atoms with Crippen LogP contribution in [0.15, 0.2) is 18.3 Å². The number of hydrogen-bond donors (Lipinski definition) is 2. The third-order valence-corrected chi connectivity index (χ3v) is 4.20. The van der Waals surface area contributed by atoms with Crippen LogP contribution in [0.2, 0.25) is 0 Å². The summed E-state index contributed by atoms with van der Waals surface area (Å²) in [6, 6.07) is 3.91. The van der Waals surface area contributed by atoms with Crippen molar-refractivity contribution in [2.75, 3.05) is 19.6 Å². The van der Waals surface area contributed by atoms with Crippen LogP contribution in [0.3, 0.4) is 0 Å². The van der Waals surface area contributed by atoms with Gasteiger partial charge >= 0.3 is 0 Å². The number of carbonyl (C=O) groups is 1. The fourth-order valence-electron chi connectivity index (χ4n) is 3.04. The van der Waals surface area contributed by atoms with Gasteiger partial charge in [0.05, 0.1) is 5.69 Å². The summed E-state index contributed by atoms with van der Waals surface area (Å²) in [5.74, 6) is -0.149. The Morgan fingerprint density at radius 1 is 1.43 bits per heavy atom. The van der Waals surface area contributed by atoms with E-state index in [-0.39, 0.29) is 17.9 Å². The maximum Gasteiger partial charge on any atom is 0.255 e. The number of aliphatic hydroxyl groups is 1. The van der Waals surface area contributed by atoms with Gasteiger partial charge in [0, 0.05) is 32.4 Å². The Bertz CT molecular complexity index is 553. The summed E-state index contributed by atoms with van der Waals surface area (Å²) in [6.07, 6.45) is 3.11. The van der Waals surface area contributed by atoms with Gasteiger partial charge in [-0.3, -0.25) is 9.78 Å². The van der Waals surface area contributed by atoms with Crippen molar-refractivity contribution < 1.29 is 9.90 Å². The Kier molecular flexibility index (Phi) is 5.42. The molecule has 0 aliphatic carbocycles. The molecule has 1 fully saturated rings.